The molecule has 2 rings (SSSR count). The highest BCUT2D eigenvalue weighted by Crippen LogP contribution is 2.26. The Kier molecular flexibility index (Phi) is 4.03. The van der Waals surface area contributed by atoms with Crippen molar-refractivity contribution in [1.82, 2.24) is 9.78 Å². The van der Waals surface area contributed by atoms with E-state index in [-0.39, 0.29) is 0 Å². The third kappa shape index (κ3) is 2.54. The first-order valence-corrected chi connectivity index (χ1v) is 5.97. The zero-order valence-electron chi connectivity index (χ0n) is 11.2. The Hall–Kier alpha value is -2.05. The molecule has 0 fully saturated rings. The van der Waals surface area contributed by atoms with Gasteiger partial charge in [-0.15, -0.1) is 0 Å². The molecule has 0 aliphatic heterocycles. The zero-order valence-corrected chi connectivity index (χ0v) is 11.2. The van der Waals surface area contributed by atoms with Gasteiger partial charge in [-0.2, -0.15) is 11.0 Å². The monoisotopic (exact) mass is 263 g/mol. The summed E-state index contributed by atoms with van der Waals surface area (Å²) in [4.78, 5) is 8.83. The summed E-state index contributed by atoms with van der Waals surface area (Å²) in [7, 11) is 1.64. The molecule has 2 aromatic rings. The average molecular weight is 263 g/mol. The fraction of sp³-hybridized carbons (Fsp3) is 0.308. The van der Waals surface area contributed by atoms with Crippen LogP contribution in [0.25, 0.3) is 5.69 Å². The Morgan fingerprint density at radius 1 is 1.26 bits per heavy atom. The van der Waals surface area contributed by atoms with Crippen LogP contribution in [0.2, 0.25) is 0 Å². The number of nitrogens with zero attached hydrogens (tertiary/aromatic N) is 2. The van der Waals surface area contributed by atoms with Crippen LogP contribution >= 0.6 is 0 Å². The van der Waals surface area contributed by atoms with Gasteiger partial charge >= 0.3 is 0 Å². The predicted molar refractivity (Wildman–Crippen MR) is 70.1 cm³/mol. The normalized spacial score (nSPS) is 10.5. The summed E-state index contributed by atoms with van der Waals surface area (Å²) in [5.41, 5.74) is 2.95. The van der Waals surface area contributed by atoms with Crippen LogP contribution < -0.4 is 15.5 Å². The van der Waals surface area contributed by atoms with Crippen molar-refractivity contribution < 1.29 is 14.6 Å². The van der Waals surface area contributed by atoms with Crippen LogP contribution in [0.4, 0.5) is 0 Å². The standard InChI is InChI=1S/C13H17N3O3/c1-4-12-9(2)15-16(13(12)17-3)10-5-7-11(8-6-10)18-19-14/h5-8H,4,14H2,1-3H3. The van der Waals surface area contributed by atoms with Crippen LogP contribution in [0, 0.1) is 6.92 Å². The van der Waals surface area contributed by atoms with Gasteiger partial charge in [-0.05, 0) is 37.6 Å². The highest BCUT2D eigenvalue weighted by atomic mass is 17.3. The molecule has 2 N–H and O–H groups in total. The molecule has 0 aliphatic carbocycles. The van der Waals surface area contributed by atoms with E-state index >= 15 is 0 Å². The minimum absolute atomic E-state index is 0.518. The van der Waals surface area contributed by atoms with E-state index in [1.54, 1.807) is 23.9 Å². The van der Waals surface area contributed by atoms with E-state index in [1.165, 1.54) is 0 Å². The van der Waals surface area contributed by atoms with E-state index in [9.17, 15) is 0 Å². The lowest BCUT2D eigenvalue weighted by Crippen LogP contribution is -2.04. The molecule has 1 aromatic carbocycles. The number of benzene rings is 1. The summed E-state index contributed by atoms with van der Waals surface area (Å²) in [6.45, 7) is 4.05. The van der Waals surface area contributed by atoms with Crippen LogP contribution in [0.3, 0.4) is 0 Å². The van der Waals surface area contributed by atoms with Crippen molar-refractivity contribution in [2.24, 2.45) is 5.90 Å². The molecule has 0 saturated carbocycles. The maximum absolute atomic E-state index is 5.44. The van der Waals surface area contributed by atoms with Crippen molar-refractivity contribution in [2.75, 3.05) is 7.11 Å². The van der Waals surface area contributed by atoms with Crippen LogP contribution in [0.15, 0.2) is 24.3 Å². The van der Waals surface area contributed by atoms with Gasteiger partial charge in [0, 0.05) is 5.56 Å². The fourth-order valence-corrected chi connectivity index (χ4v) is 2.03. The lowest BCUT2D eigenvalue weighted by Gasteiger charge is -2.08. The van der Waals surface area contributed by atoms with E-state index in [4.69, 9.17) is 15.5 Å². The lowest BCUT2D eigenvalue weighted by molar-refractivity contribution is -0.211. The molecule has 0 atom stereocenters. The second-order valence-corrected chi connectivity index (χ2v) is 4.01. The largest absolute Gasteiger partial charge is 0.481 e. The molecule has 0 aliphatic rings. The van der Waals surface area contributed by atoms with Crippen molar-refractivity contribution in [3.63, 3.8) is 0 Å². The molecule has 6 nitrogen and oxygen atoms in total. The van der Waals surface area contributed by atoms with E-state index in [2.05, 4.69) is 17.0 Å². The molecule has 1 heterocycles. The van der Waals surface area contributed by atoms with Crippen molar-refractivity contribution >= 4 is 0 Å². The van der Waals surface area contributed by atoms with Gasteiger partial charge in [0.15, 0.2) is 5.75 Å². The van der Waals surface area contributed by atoms with Gasteiger partial charge in [0.25, 0.3) is 0 Å². The van der Waals surface area contributed by atoms with Gasteiger partial charge in [0.2, 0.25) is 5.88 Å². The highest BCUT2D eigenvalue weighted by Gasteiger charge is 2.15. The Morgan fingerprint density at radius 2 is 1.95 bits per heavy atom. The fourth-order valence-electron chi connectivity index (χ4n) is 2.03. The van der Waals surface area contributed by atoms with Gasteiger partial charge in [0.05, 0.1) is 18.5 Å². The van der Waals surface area contributed by atoms with Crippen molar-refractivity contribution in [3.8, 4) is 17.3 Å². The molecule has 0 radical (unpaired) electrons. The Labute approximate surface area is 111 Å². The summed E-state index contributed by atoms with van der Waals surface area (Å²) in [5, 5.41) is 4.49. The van der Waals surface area contributed by atoms with Crippen molar-refractivity contribution in [3.05, 3.63) is 35.5 Å². The van der Waals surface area contributed by atoms with Gasteiger partial charge in [0.1, 0.15) is 0 Å². The number of hydrogen-bond acceptors (Lipinski definition) is 5. The van der Waals surface area contributed by atoms with E-state index < -0.39 is 0 Å². The number of nitrogens with two attached hydrogens (primary N) is 1. The zero-order chi connectivity index (χ0) is 13.8. The van der Waals surface area contributed by atoms with Gasteiger partial charge in [-0.1, -0.05) is 11.9 Å². The smallest absolute Gasteiger partial charge is 0.219 e. The van der Waals surface area contributed by atoms with Crippen LogP contribution in [0.5, 0.6) is 11.6 Å². The Morgan fingerprint density at radius 3 is 2.47 bits per heavy atom. The maximum atomic E-state index is 5.44. The number of methoxy groups -OCH3 is 1. The second-order valence-electron chi connectivity index (χ2n) is 4.01. The minimum atomic E-state index is 0.518. The molecule has 0 bridgehead atoms. The summed E-state index contributed by atoms with van der Waals surface area (Å²) in [5.74, 6) is 6.11. The lowest BCUT2D eigenvalue weighted by atomic mass is 10.2. The van der Waals surface area contributed by atoms with Crippen molar-refractivity contribution in [2.45, 2.75) is 20.3 Å². The number of rotatable bonds is 5. The molecule has 19 heavy (non-hydrogen) atoms. The highest BCUT2D eigenvalue weighted by molar-refractivity contribution is 5.43. The summed E-state index contributed by atoms with van der Waals surface area (Å²) in [6, 6.07) is 7.18. The molecule has 102 valence electrons. The molecule has 1 aromatic heterocycles. The molecule has 0 spiro atoms. The molecular weight excluding hydrogens is 246 g/mol. The van der Waals surface area contributed by atoms with Crippen molar-refractivity contribution in [1.29, 1.82) is 0 Å². The summed E-state index contributed by atoms with van der Waals surface area (Å²) in [6.07, 6.45) is 0.872. The maximum Gasteiger partial charge on any atom is 0.219 e. The van der Waals surface area contributed by atoms with E-state index in [1.807, 2.05) is 19.1 Å². The third-order valence-corrected chi connectivity index (χ3v) is 2.91. The number of aryl methyl sites for hydroxylation is 1. The van der Waals surface area contributed by atoms with Gasteiger partial charge < -0.3 is 9.62 Å². The Balaban J connectivity index is 2.41. The quantitative estimate of drug-likeness (QED) is 0.659. The topological polar surface area (TPSA) is 71.5 Å². The second kappa shape index (κ2) is 5.73. The summed E-state index contributed by atoms with van der Waals surface area (Å²) >= 11 is 0. The van der Waals surface area contributed by atoms with Gasteiger partial charge in [-0.3, -0.25) is 0 Å². The first-order chi connectivity index (χ1) is 9.21. The number of hydrogen-bond donors (Lipinski definition) is 1. The first kappa shape index (κ1) is 13.4. The third-order valence-electron chi connectivity index (χ3n) is 2.91. The predicted octanol–water partition coefficient (Wildman–Crippen LogP) is 1.94. The molecular formula is C13H17N3O3. The number of ether oxygens (including phenoxy) is 1. The Bertz CT molecular complexity index is 549. The molecule has 0 amide bonds. The van der Waals surface area contributed by atoms with Crippen LogP contribution in [0.1, 0.15) is 18.2 Å². The molecule has 0 saturated heterocycles. The molecule has 0 unspecified atom stereocenters. The average Bonchev–Trinajstić information content (AvgIpc) is 2.76. The van der Waals surface area contributed by atoms with Gasteiger partial charge in [-0.25, -0.2) is 4.68 Å². The van der Waals surface area contributed by atoms with Crippen LogP contribution in [-0.4, -0.2) is 16.9 Å². The minimum Gasteiger partial charge on any atom is -0.481 e. The van der Waals surface area contributed by atoms with E-state index in [0.717, 1.165) is 29.2 Å². The van der Waals surface area contributed by atoms with Crippen LogP contribution in [-0.2, 0) is 11.4 Å². The first-order valence-electron chi connectivity index (χ1n) is 5.97. The SMILES string of the molecule is CCc1c(C)nn(-c2ccc(OON)cc2)c1OC. The number of aromatic nitrogens is 2. The molecule has 6 heteroatoms. The summed E-state index contributed by atoms with van der Waals surface area (Å²) < 4.78 is 7.21. The van der Waals surface area contributed by atoms with E-state index in [0.29, 0.717) is 5.75 Å².